The summed E-state index contributed by atoms with van der Waals surface area (Å²) in [6, 6.07) is 1.78. The first-order chi connectivity index (χ1) is 7.47. The molecular weight excluding hydrogens is 208 g/mol. The summed E-state index contributed by atoms with van der Waals surface area (Å²) in [5.41, 5.74) is 0. The van der Waals surface area contributed by atoms with Crippen LogP contribution in [0.2, 0.25) is 0 Å². The topological polar surface area (TPSA) is 70.4 Å². The van der Waals surface area contributed by atoms with Gasteiger partial charge in [-0.2, -0.15) is 5.26 Å². The minimum Gasteiger partial charge on any atom is -0.447 e. The molecule has 5 nitrogen and oxygen atoms in total. The van der Waals surface area contributed by atoms with Crippen molar-refractivity contribution in [1.82, 2.24) is 4.90 Å². The standard InChI is InChI=1S/C11H16N2O3/c1-7(2)9-6-16-11(15)13(9)10(14)4-8(3)5-12/h7-9H,4,6H2,1-3H3/t8-,9-/m1/s1. The van der Waals surface area contributed by atoms with Gasteiger partial charge in [-0.15, -0.1) is 0 Å². The van der Waals surface area contributed by atoms with Gasteiger partial charge in [-0.3, -0.25) is 4.79 Å². The predicted molar refractivity (Wildman–Crippen MR) is 56.2 cm³/mol. The van der Waals surface area contributed by atoms with Crippen molar-refractivity contribution in [2.75, 3.05) is 6.61 Å². The molecule has 0 N–H and O–H groups in total. The van der Waals surface area contributed by atoms with Gasteiger partial charge in [-0.25, -0.2) is 9.69 Å². The molecule has 0 aliphatic carbocycles. The van der Waals surface area contributed by atoms with Crippen LogP contribution in [-0.4, -0.2) is 29.5 Å². The largest absolute Gasteiger partial charge is 0.447 e. The fraction of sp³-hybridized carbons (Fsp3) is 0.727. The lowest BCUT2D eigenvalue weighted by atomic mass is 10.0. The van der Waals surface area contributed by atoms with Crippen LogP contribution in [0.3, 0.4) is 0 Å². The zero-order chi connectivity index (χ0) is 12.3. The SMILES string of the molecule is CC(C)[C@H]1COC(=O)N1C(=O)C[C@@H](C)C#N. The van der Waals surface area contributed by atoms with Crippen LogP contribution in [-0.2, 0) is 9.53 Å². The molecule has 2 atom stereocenters. The molecule has 1 aliphatic rings. The smallest absolute Gasteiger partial charge is 0.416 e. The summed E-state index contributed by atoms with van der Waals surface area (Å²) < 4.78 is 4.86. The highest BCUT2D eigenvalue weighted by Crippen LogP contribution is 2.21. The molecule has 88 valence electrons. The maximum atomic E-state index is 11.8. The lowest BCUT2D eigenvalue weighted by molar-refractivity contribution is -0.130. The van der Waals surface area contributed by atoms with Gasteiger partial charge < -0.3 is 4.74 Å². The molecule has 1 fully saturated rings. The van der Waals surface area contributed by atoms with Crippen molar-refractivity contribution in [3.8, 4) is 6.07 Å². The van der Waals surface area contributed by atoms with Crippen LogP contribution in [0.15, 0.2) is 0 Å². The van der Waals surface area contributed by atoms with E-state index < -0.39 is 6.09 Å². The molecule has 1 aliphatic heterocycles. The third-order valence-electron chi connectivity index (χ3n) is 2.65. The molecule has 16 heavy (non-hydrogen) atoms. The summed E-state index contributed by atoms with van der Waals surface area (Å²) in [5.74, 6) is -0.545. The highest BCUT2D eigenvalue weighted by Gasteiger charge is 2.39. The molecular formula is C11H16N2O3. The summed E-state index contributed by atoms with van der Waals surface area (Å²) in [5, 5.41) is 8.63. The van der Waals surface area contributed by atoms with Gasteiger partial charge in [-0.1, -0.05) is 13.8 Å². The molecule has 0 saturated carbocycles. The summed E-state index contributed by atoms with van der Waals surface area (Å²) in [4.78, 5) is 24.4. The Labute approximate surface area is 95.0 Å². The highest BCUT2D eigenvalue weighted by atomic mass is 16.6. The van der Waals surface area contributed by atoms with Crippen molar-refractivity contribution in [3.05, 3.63) is 0 Å². The maximum absolute atomic E-state index is 11.8. The van der Waals surface area contributed by atoms with E-state index >= 15 is 0 Å². The van der Waals surface area contributed by atoms with Gasteiger partial charge in [0, 0.05) is 6.42 Å². The Kier molecular flexibility index (Phi) is 3.88. The van der Waals surface area contributed by atoms with Gasteiger partial charge in [-0.05, 0) is 12.8 Å². The summed E-state index contributed by atoms with van der Waals surface area (Å²) in [6.45, 7) is 5.77. The van der Waals surface area contributed by atoms with Crippen molar-refractivity contribution < 1.29 is 14.3 Å². The Hall–Kier alpha value is -1.57. The van der Waals surface area contributed by atoms with E-state index in [0.717, 1.165) is 4.90 Å². The first kappa shape index (κ1) is 12.5. The fourth-order valence-corrected chi connectivity index (χ4v) is 1.62. The minimum absolute atomic E-state index is 0.0643. The second kappa shape index (κ2) is 4.97. The Bertz CT molecular complexity index is 333. The van der Waals surface area contributed by atoms with Gasteiger partial charge in [0.2, 0.25) is 5.91 Å². The third-order valence-corrected chi connectivity index (χ3v) is 2.65. The number of nitriles is 1. The maximum Gasteiger partial charge on any atom is 0.416 e. The van der Waals surface area contributed by atoms with Crippen molar-refractivity contribution >= 4 is 12.0 Å². The third kappa shape index (κ3) is 2.51. The van der Waals surface area contributed by atoms with E-state index in [9.17, 15) is 9.59 Å². The molecule has 0 aromatic rings. The molecule has 0 aromatic carbocycles. The highest BCUT2D eigenvalue weighted by molar-refractivity contribution is 5.93. The predicted octanol–water partition coefficient (Wildman–Crippen LogP) is 1.54. The van der Waals surface area contributed by atoms with Crippen LogP contribution >= 0.6 is 0 Å². The normalized spacial score (nSPS) is 21.8. The number of carbonyl (C=O) groups excluding carboxylic acids is 2. The van der Waals surface area contributed by atoms with Crippen molar-refractivity contribution in [2.45, 2.75) is 33.2 Å². The first-order valence-electron chi connectivity index (χ1n) is 5.35. The number of ether oxygens (including phenoxy) is 1. The van der Waals surface area contributed by atoms with Gasteiger partial charge in [0.1, 0.15) is 6.61 Å². The van der Waals surface area contributed by atoms with Crippen LogP contribution in [0.1, 0.15) is 27.2 Å². The number of cyclic esters (lactones) is 1. The van der Waals surface area contributed by atoms with E-state index in [1.807, 2.05) is 19.9 Å². The van der Waals surface area contributed by atoms with Gasteiger partial charge >= 0.3 is 6.09 Å². The number of nitrogens with zero attached hydrogens (tertiary/aromatic N) is 2. The van der Waals surface area contributed by atoms with E-state index in [2.05, 4.69) is 0 Å². The molecule has 0 aromatic heterocycles. The second-order valence-electron chi connectivity index (χ2n) is 4.39. The van der Waals surface area contributed by atoms with Crippen molar-refractivity contribution in [3.63, 3.8) is 0 Å². The lowest BCUT2D eigenvalue weighted by Crippen LogP contribution is -2.42. The van der Waals surface area contributed by atoms with E-state index in [4.69, 9.17) is 10.00 Å². The average molecular weight is 224 g/mol. The van der Waals surface area contributed by atoms with E-state index in [1.165, 1.54) is 0 Å². The Morgan fingerprint density at radius 2 is 2.25 bits per heavy atom. The number of carbonyl (C=O) groups is 2. The van der Waals surface area contributed by atoms with Gasteiger partial charge in [0.15, 0.2) is 0 Å². The van der Waals surface area contributed by atoms with Gasteiger partial charge in [0.05, 0.1) is 18.0 Å². The summed E-state index contributed by atoms with van der Waals surface area (Å²) >= 11 is 0. The number of hydrogen-bond donors (Lipinski definition) is 0. The monoisotopic (exact) mass is 224 g/mol. The minimum atomic E-state index is -0.589. The number of amides is 2. The Morgan fingerprint density at radius 1 is 1.62 bits per heavy atom. The molecule has 0 unspecified atom stereocenters. The zero-order valence-electron chi connectivity index (χ0n) is 9.77. The van der Waals surface area contributed by atoms with E-state index in [-0.39, 0.29) is 36.8 Å². The summed E-state index contributed by atoms with van der Waals surface area (Å²) in [7, 11) is 0. The molecule has 0 radical (unpaired) electrons. The van der Waals surface area contributed by atoms with E-state index in [1.54, 1.807) is 6.92 Å². The molecule has 0 spiro atoms. The first-order valence-corrected chi connectivity index (χ1v) is 5.35. The number of hydrogen-bond acceptors (Lipinski definition) is 4. The molecule has 1 saturated heterocycles. The number of imide groups is 1. The van der Waals surface area contributed by atoms with Gasteiger partial charge in [0.25, 0.3) is 0 Å². The molecule has 2 amide bonds. The Balaban J connectivity index is 2.73. The average Bonchev–Trinajstić information content (AvgIpc) is 2.59. The quantitative estimate of drug-likeness (QED) is 0.729. The van der Waals surface area contributed by atoms with Crippen LogP contribution in [0.25, 0.3) is 0 Å². The van der Waals surface area contributed by atoms with Crippen LogP contribution in [0, 0.1) is 23.2 Å². The van der Waals surface area contributed by atoms with Crippen molar-refractivity contribution in [2.24, 2.45) is 11.8 Å². The molecule has 0 bridgehead atoms. The van der Waals surface area contributed by atoms with E-state index in [0.29, 0.717) is 0 Å². The zero-order valence-corrected chi connectivity index (χ0v) is 9.77. The van der Waals surface area contributed by atoms with Crippen LogP contribution < -0.4 is 0 Å². The van der Waals surface area contributed by atoms with Crippen LogP contribution in [0.5, 0.6) is 0 Å². The molecule has 1 rings (SSSR count). The number of rotatable bonds is 3. The van der Waals surface area contributed by atoms with Crippen molar-refractivity contribution in [1.29, 1.82) is 5.26 Å². The van der Waals surface area contributed by atoms with Crippen LogP contribution in [0.4, 0.5) is 4.79 Å². The molecule has 1 heterocycles. The summed E-state index contributed by atoms with van der Waals surface area (Å²) in [6.07, 6.45) is -0.525. The molecule has 5 heteroatoms. The lowest BCUT2D eigenvalue weighted by Gasteiger charge is -2.22. The fourth-order valence-electron chi connectivity index (χ4n) is 1.62. The Morgan fingerprint density at radius 3 is 2.75 bits per heavy atom. The second-order valence-corrected chi connectivity index (χ2v) is 4.39.